The Balaban J connectivity index is 1.62. The van der Waals surface area contributed by atoms with Crippen molar-refractivity contribution in [1.82, 2.24) is 15.2 Å². The van der Waals surface area contributed by atoms with E-state index in [1.54, 1.807) is 6.92 Å². The first-order chi connectivity index (χ1) is 12.8. The Hall–Kier alpha value is -1.68. The van der Waals surface area contributed by atoms with E-state index in [9.17, 15) is 19.8 Å². The minimum Gasteiger partial charge on any atom is -0.477 e. The number of aliphatic hydroxyl groups is 1. The fourth-order valence-electron chi connectivity index (χ4n) is 4.06. The number of thioether (sulfide) groups is 1. The summed E-state index contributed by atoms with van der Waals surface area (Å²) in [5, 5.41) is 22.9. The average molecular weight is 408 g/mol. The molecule has 0 bridgehead atoms. The highest BCUT2D eigenvalue weighted by Crippen LogP contribution is 2.52. The number of carboxylic acid groups (broad SMARTS) is 1. The fraction of sp³-hybridized carbons (Fsp3) is 0.500. The summed E-state index contributed by atoms with van der Waals surface area (Å²) in [4.78, 5) is 31.7. The molecule has 0 aromatic carbocycles. The van der Waals surface area contributed by atoms with Crippen molar-refractivity contribution >= 4 is 40.5 Å². The van der Waals surface area contributed by atoms with E-state index < -0.39 is 18.0 Å². The first kappa shape index (κ1) is 18.7. The Morgan fingerprint density at radius 2 is 2.22 bits per heavy atom. The van der Waals surface area contributed by atoms with Crippen LogP contribution in [0.15, 0.2) is 27.2 Å². The number of rotatable bonds is 5. The van der Waals surface area contributed by atoms with Gasteiger partial charge in [-0.2, -0.15) is 0 Å². The van der Waals surface area contributed by atoms with Crippen molar-refractivity contribution in [2.45, 2.75) is 43.3 Å². The number of β-lactam (4-membered cyclic amide) rings is 1. The van der Waals surface area contributed by atoms with Gasteiger partial charge in [-0.25, -0.2) is 9.78 Å². The Bertz CT molecular complexity index is 876. The molecule has 3 aliphatic rings. The first-order valence-electron chi connectivity index (χ1n) is 8.86. The smallest absolute Gasteiger partial charge is 0.353 e. The van der Waals surface area contributed by atoms with E-state index in [0.717, 1.165) is 15.8 Å². The molecule has 1 fully saturated rings. The predicted molar refractivity (Wildman–Crippen MR) is 103 cm³/mol. The third kappa shape index (κ3) is 2.93. The number of aliphatic carboxylic acids is 1. The lowest BCUT2D eigenvalue weighted by Crippen LogP contribution is -2.63. The molecule has 7 nitrogen and oxygen atoms in total. The summed E-state index contributed by atoms with van der Waals surface area (Å²) in [6.45, 7) is 6.38. The van der Waals surface area contributed by atoms with Gasteiger partial charge in [0.15, 0.2) is 4.34 Å². The van der Waals surface area contributed by atoms with Crippen LogP contribution in [0.25, 0.3) is 5.57 Å². The largest absolute Gasteiger partial charge is 0.477 e. The van der Waals surface area contributed by atoms with Crippen LogP contribution in [0.3, 0.4) is 0 Å². The molecule has 1 amide bonds. The van der Waals surface area contributed by atoms with E-state index in [2.05, 4.69) is 23.3 Å². The highest BCUT2D eigenvalue weighted by molar-refractivity contribution is 8.04. The number of aromatic nitrogens is 1. The number of carbonyl (C=O) groups is 2. The van der Waals surface area contributed by atoms with Crippen LogP contribution in [0.1, 0.15) is 25.6 Å². The lowest BCUT2D eigenvalue weighted by Gasteiger charge is -2.46. The average Bonchev–Trinajstić information content (AvgIpc) is 3.27. The maximum Gasteiger partial charge on any atom is 0.353 e. The number of carbonyl (C=O) groups excluding carboxylic acids is 1. The van der Waals surface area contributed by atoms with E-state index in [0.29, 0.717) is 10.9 Å². The number of hydrogen-bond acceptors (Lipinski definition) is 7. The van der Waals surface area contributed by atoms with Gasteiger partial charge >= 0.3 is 5.97 Å². The van der Waals surface area contributed by atoms with Crippen molar-refractivity contribution in [3.05, 3.63) is 27.8 Å². The summed E-state index contributed by atoms with van der Waals surface area (Å²) in [5.74, 6) is -2.13. The molecule has 3 N–H and O–H groups in total. The molecule has 4 rings (SSSR count). The van der Waals surface area contributed by atoms with Crippen LogP contribution in [0, 0.1) is 11.8 Å². The Labute approximate surface area is 165 Å². The maximum atomic E-state index is 12.4. The lowest BCUT2D eigenvalue weighted by atomic mass is 9.79. The van der Waals surface area contributed by atoms with E-state index in [1.165, 1.54) is 33.6 Å². The second kappa shape index (κ2) is 6.73. The summed E-state index contributed by atoms with van der Waals surface area (Å²) in [6, 6.07) is 0.0364. The first-order valence-corrected chi connectivity index (χ1v) is 10.5. The summed E-state index contributed by atoms with van der Waals surface area (Å²) in [6.07, 6.45) is 3.19. The van der Waals surface area contributed by atoms with Gasteiger partial charge in [0.1, 0.15) is 5.70 Å². The van der Waals surface area contributed by atoms with Crippen molar-refractivity contribution < 1.29 is 19.8 Å². The molecule has 5 unspecified atom stereocenters. The van der Waals surface area contributed by atoms with Crippen LogP contribution in [-0.4, -0.2) is 56.7 Å². The number of aliphatic hydroxyl groups excluding tert-OH is 1. The summed E-state index contributed by atoms with van der Waals surface area (Å²) in [5.41, 5.74) is 1.23. The number of carboxylic acids is 1. The zero-order chi connectivity index (χ0) is 19.5. The molecule has 1 aromatic rings. The van der Waals surface area contributed by atoms with Gasteiger partial charge in [-0.3, -0.25) is 4.79 Å². The van der Waals surface area contributed by atoms with Gasteiger partial charge in [0.2, 0.25) is 5.91 Å². The summed E-state index contributed by atoms with van der Waals surface area (Å²) < 4.78 is 0.759. The molecule has 0 saturated carbocycles. The van der Waals surface area contributed by atoms with Crippen molar-refractivity contribution in [2.75, 3.05) is 6.54 Å². The number of nitrogens with one attached hydrogen (secondary N) is 1. The van der Waals surface area contributed by atoms with Crippen LogP contribution < -0.4 is 5.32 Å². The zero-order valence-corrected chi connectivity index (χ0v) is 16.8. The summed E-state index contributed by atoms with van der Waals surface area (Å²) in [7, 11) is 0. The van der Waals surface area contributed by atoms with Crippen molar-refractivity contribution in [1.29, 1.82) is 0 Å². The number of fused-ring (bicyclic) bond motifs is 1. The standard InChI is InChI=1S/C18H21N3O4S2/c1-7-4-10(5-19-7)11-6-20-18(26-11)27-15-8(2)13-12(9(3)22)16(23)21(13)14(15)17(24)25/h4,6-9,12-13,19,22H,5H2,1-3H3,(H,24,25). The van der Waals surface area contributed by atoms with Gasteiger partial charge in [0, 0.05) is 29.6 Å². The molecule has 27 heavy (non-hydrogen) atoms. The second-order valence-electron chi connectivity index (χ2n) is 7.23. The third-order valence-corrected chi connectivity index (χ3v) is 7.81. The Kier molecular flexibility index (Phi) is 4.66. The van der Waals surface area contributed by atoms with Gasteiger partial charge in [0.05, 0.1) is 22.9 Å². The van der Waals surface area contributed by atoms with Gasteiger partial charge in [-0.1, -0.05) is 24.8 Å². The van der Waals surface area contributed by atoms with Crippen LogP contribution in [0.5, 0.6) is 0 Å². The molecule has 1 saturated heterocycles. The molecule has 0 aliphatic carbocycles. The van der Waals surface area contributed by atoms with Crippen LogP contribution in [0.2, 0.25) is 0 Å². The highest BCUT2D eigenvalue weighted by Gasteiger charge is 2.60. The number of hydrogen-bond donors (Lipinski definition) is 3. The van der Waals surface area contributed by atoms with Crippen molar-refractivity contribution in [2.24, 2.45) is 11.8 Å². The van der Waals surface area contributed by atoms with Gasteiger partial charge < -0.3 is 20.4 Å². The maximum absolute atomic E-state index is 12.4. The van der Waals surface area contributed by atoms with Crippen LogP contribution in [0.4, 0.5) is 0 Å². The van der Waals surface area contributed by atoms with Gasteiger partial charge in [0.25, 0.3) is 0 Å². The van der Waals surface area contributed by atoms with Gasteiger partial charge in [-0.15, -0.1) is 11.3 Å². The fourth-order valence-corrected chi connectivity index (χ4v) is 6.34. The minimum absolute atomic E-state index is 0.0338. The molecule has 1 aromatic heterocycles. The molecule has 144 valence electrons. The van der Waals surface area contributed by atoms with Crippen LogP contribution >= 0.6 is 23.1 Å². The minimum atomic E-state index is -1.11. The predicted octanol–water partition coefficient (Wildman–Crippen LogP) is 1.76. The number of nitrogens with zero attached hydrogens (tertiary/aromatic N) is 2. The third-order valence-electron chi connectivity index (χ3n) is 5.38. The van der Waals surface area contributed by atoms with Gasteiger partial charge in [-0.05, 0) is 19.4 Å². The van der Waals surface area contributed by atoms with E-state index in [-0.39, 0.29) is 23.6 Å². The molecule has 4 heterocycles. The topological polar surface area (TPSA) is 103 Å². The van der Waals surface area contributed by atoms with E-state index >= 15 is 0 Å². The van der Waals surface area contributed by atoms with Crippen molar-refractivity contribution in [3.63, 3.8) is 0 Å². The monoisotopic (exact) mass is 407 g/mol. The summed E-state index contributed by atoms with van der Waals surface area (Å²) >= 11 is 2.85. The quantitative estimate of drug-likeness (QED) is 0.639. The molecule has 0 spiro atoms. The number of amides is 1. The molecular formula is C18H21N3O4S2. The highest BCUT2D eigenvalue weighted by atomic mass is 32.2. The molecule has 5 atom stereocenters. The van der Waals surface area contributed by atoms with Crippen LogP contribution in [-0.2, 0) is 9.59 Å². The normalized spacial score (nSPS) is 31.0. The molecule has 3 aliphatic heterocycles. The SMILES string of the molecule is CC1C=C(c2cnc(SC3=C(C(=O)O)N4C(=O)C(C(C)O)C4C3C)s2)CN1. The van der Waals surface area contributed by atoms with Crippen molar-refractivity contribution in [3.8, 4) is 0 Å². The Morgan fingerprint density at radius 3 is 2.81 bits per heavy atom. The number of thiazole rings is 1. The zero-order valence-electron chi connectivity index (χ0n) is 15.2. The molecule has 0 radical (unpaired) electrons. The Morgan fingerprint density at radius 1 is 1.48 bits per heavy atom. The lowest BCUT2D eigenvalue weighted by molar-refractivity contribution is -0.163. The molecular weight excluding hydrogens is 386 g/mol. The van der Waals surface area contributed by atoms with E-state index in [1.807, 2.05) is 13.1 Å². The van der Waals surface area contributed by atoms with E-state index in [4.69, 9.17) is 0 Å². The second-order valence-corrected chi connectivity index (χ2v) is 9.55. The molecule has 9 heteroatoms.